The van der Waals surface area contributed by atoms with Crippen molar-refractivity contribution < 1.29 is 9.53 Å². The summed E-state index contributed by atoms with van der Waals surface area (Å²) >= 11 is 1.36. The predicted octanol–water partition coefficient (Wildman–Crippen LogP) is 3.70. The number of para-hydroxylation sites is 1. The standard InChI is InChI=1S/C21H14N4O3S/c1-2-28-21(27)16-17(26)13-11-23-18(12-7-9-22-10-8-12)24-19(13)25-14-5-3-4-6-15(14)29-20(16)25/h3-11H,2H2,1H3. The van der Waals surface area contributed by atoms with Crippen molar-refractivity contribution >= 4 is 43.4 Å². The molecule has 7 nitrogen and oxygen atoms in total. The third-order valence-corrected chi connectivity index (χ3v) is 5.75. The average Bonchev–Trinajstić information content (AvgIpc) is 3.13. The number of hydrogen-bond acceptors (Lipinski definition) is 7. The van der Waals surface area contributed by atoms with Gasteiger partial charge < -0.3 is 4.74 Å². The number of carbonyl (C=O) groups is 1. The van der Waals surface area contributed by atoms with Crippen molar-refractivity contribution in [3.63, 3.8) is 0 Å². The number of benzene rings is 1. The third kappa shape index (κ3) is 2.68. The van der Waals surface area contributed by atoms with E-state index in [1.807, 2.05) is 28.7 Å². The molecule has 0 atom stereocenters. The van der Waals surface area contributed by atoms with Crippen LogP contribution in [0.15, 0.2) is 59.8 Å². The molecule has 8 heteroatoms. The Hall–Kier alpha value is -3.65. The van der Waals surface area contributed by atoms with Gasteiger partial charge in [-0.25, -0.2) is 14.8 Å². The van der Waals surface area contributed by atoms with Crippen molar-refractivity contribution in [1.82, 2.24) is 19.4 Å². The fourth-order valence-electron chi connectivity index (χ4n) is 3.32. The molecule has 4 heterocycles. The van der Waals surface area contributed by atoms with E-state index in [0.717, 1.165) is 15.8 Å². The summed E-state index contributed by atoms with van der Waals surface area (Å²) in [5, 5.41) is 0.270. The smallest absolute Gasteiger partial charge is 0.345 e. The van der Waals surface area contributed by atoms with Gasteiger partial charge in [0.2, 0.25) is 5.43 Å². The summed E-state index contributed by atoms with van der Waals surface area (Å²) in [6.45, 7) is 1.90. The lowest BCUT2D eigenvalue weighted by atomic mass is 10.2. The van der Waals surface area contributed by atoms with Crippen molar-refractivity contribution in [3.8, 4) is 11.4 Å². The Morgan fingerprint density at radius 2 is 1.97 bits per heavy atom. The van der Waals surface area contributed by atoms with E-state index in [9.17, 15) is 9.59 Å². The molecular weight excluding hydrogens is 388 g/mol. The molecule has 0 aliphatic carbocycles. The fourth-order valence-corrected chi connectivity index (χ4v) is 4.49. The van der Waals surface area contributed by atoms with E-state index < -0.39 is 11.4 Å². The molecule has 0 aliphatic rings. The van der Waals surface area contributed by atoms with Gasteiger partial charge in [-0.2, -0.15) is 0 Å². The second kappa shape index (κ2) is 6.75. The number of thiazole rings is 1. The average molecular weight is 402 g/mol. The van der Waals surface area contributed by atoms with Crippen LogP contribution in [0.4, 0.5) is 0 Å². The Labute approximate surface area is 168 Å². The van der Waals surface area contributed by atoms with Crippen molar-refractivity contribution in [3.05, 3.63) is 70.8 Å². The number of hydrogen-bond donors (Lipinski definition) is 0. The third-order valence-electron chi connectivity index (χ3n) is 4.60. The molecule has 0 saturated carbocycles. The van der Waals surface area contributed by atoms with Crippen LogP contribution in [-0.2, 0) is 4.74 Å². The van der Waals surface area contributed by atoms with E-state index in [1.54, 1.807) is 31.5 Å². The maximum Gasteiger partial charge on any atom is 0.345 e. The molecule has 29 heavy (non-hydrogen) atoms. The van der Waals surface area contributed by atoms with Gasteiger partial charge in [-0.3, -0.25) is 14.2 Å². The zero-order chi connectivity index (χ0) is 20.0. The Morgan fingerprint density at radius 1 is 1.17 bits per heavy atom. The summed E-state index contributed by atoms with van der Waals surface area (Å²) in [7, 11) is 0. The first-order chi connectivity index (χ1) is 14.2. The Balaban J connectivity index is 1.95. The lowest BCUT2D eigenvalue weighted by Crippen LogP contribution is -2.20. The van der Waals surface area contributed by atoms with Gasteiger partial charge in [-0.1, -0.05) is 12.1 Å². The normalized spacial score (nSPS) is 11.3. The van der Waals surface area contributed by atoms with Gasteiger partial charge in [0.15, 0.2) is 11.5 Å². The molecule has 4 aromatic heterocycles. The lowest BCUT2D eigenvalue weighted by Gasteiger charge is -2.08. The molecule has 1 aromatic carbocycles. The SMILES string of the molecule is CCOC(=O)c1c(=O)c2cnc(-c3ccncc3)nc2n2c1sc1ccccc12. The monoisotopic (exact) mass is 402 g/mol. The first kappa shape index (κ1) is 17.4. The van der Waals surface area contributed by atoms with E-state index in [4.69, 9.17) is 4.74 Å². The van der Waals surface area contributed by atoms with Gasteiger partial charge in [-0.05, 0) is 31.2 Å². The van der Waals surface area contributed by atoms with Crippen LogP contribution >= 0.6 is 11.3 Å². The van der Waals surface area contributed by atoms with Crippen LogP contribution in [0, 0.1) is 0 Å². The lowest BCUT2D eigenvalue weighted by molar-refractivity contribution is 0.0527. The van der Waals surface area contributed by atoms with Crippen LogP contribution in [0.2, 0.25) is 0 Å². The van der Waals surface area contributed by atoms with Crippen molar-refractivity contribution in [2.45, 2.75) is 6.92 Å². The number of esters is 1. The molecule has 142 valence electrons. The topological polar surface area (TPSA) is 86.5 Å². The number of aromatic nitrogens is 4. The minimum atomic E-state index is -0.637. The molecule has 5 aromatic rings. The summed E-state index contributed by atoms with van der Waals surface area (Å²) in [5.74, 6) is -0.158. The van der Waals surface area contributed by atoms with Gasteiger partial charge in [0.1, 0.15) is 10.4 Å². The zero-order valence-corrected chi connectivity index (χ0v) is 16.1. The molecule has 0 spiro atoms. The maximum atomic E-state index is 13.2. The van der Waals surface area contributed by atoms with Gasteiger partial charge >= 0.3 is 5.97 Å². The van der Waals surface area contributed by atoms with E-state index in [2.05, 4.69) is 15.0 Å². The Morgan fingerprint density at radius 3 is 2.76 bits per heavy atom. The van der Waals surface area contributed by atoms with Crippen LogP contribution in [0.3, 0.4) is 0 Å². The predicted molar refractivity (Wildman–Crippen MR) is 111 cm³/mol. The molecule has 0 radical (unpaired) electrons. The highest BCUT2D eigenvalue weighted by atomic mass is 32.1. The van der Waals surface area contributed by atoms with Gasteiger partial charge in [0.25, 0.3) is 0 Å². The minimum absolute atomic E-state index is 0.0146. The number of pyridine rings is 2. The van der Waals surface area contributed by atoms with Gasteiger partial charge in [0.05, 0.1) is 22.2 Å². The van der Waals surface area contributed by atoms with Crippen LogP contribution in [0.5, 0.6) is 0 Å². The largest absolute Gasteiger partial charge is 0.462 e. The minimum Gasteiger partial charge on any atom is -0.462 e. The van der Waals surface area contributed by atoms with Crippen molar-refractivity contribution in [1.29, 1.82) is 0 Å². The summed E-state index contributed by atoms with van der Waals surface area (Å²) in [6.07, 6.45) is 4.80. The van der Waals surface area contributed by atoms with Crippen molar-refractivity contribution in [2.24, 2.45) is 0 Å². The van der Waals surface area contributed by atoms with E-state index in [-0.39, 0.29) is 17.6 Å². The summed E-state index contributed by atoms with van der Waals surface area (Å²) in [4.78, 5) is 39.4. The first-order valence-corrected chi connectivity index (χ1v) is 9.81. The zero-order valence-electron chi connectivity index (χ0n) is 15.3. The molecule has 0 bridgehead atoms. The van der Waals surface area contributed by atoms with E-state index >= 15 is 0 Å². The van der Waals surface area contributed by atoms with E-state index in [1.165, 1.54) is 17.5 Å². The summed E-state index contributed by atoms with van der Waals surface area (Å²) in [5.41, 5.74) is 1.70. The van der Waals surface area contributed by atoms with Gasteiger partial charge in [0, 0.05) is 24.2 Å². The second-order valence-corrected chi connectivity index (χ2v) is 7.33. The molecule has 0 amide bonds. The summed E-state index contributed by atoms with van der Waals surface area (Å²) < 4.78 is 7.94. The molecular formula is C21H14N4O3S. The number of fused-ring (bicyclic) bond motifs is 5. The maximum absolute atomic E-state index is 13.2. The first-order valence-electron chi connectivity index (χ1n) is 8.99. The highest BCUT2D eigenvalue weighted by molar-refractivity contribution is 7.24. The van der Waals surface area contributed by atoms with Crippen LogP contribution in [0.25, 0.3) is 37.5 Å². The van der Waals surface area contributed by atoms with Crippen molar-refractivity contribution in [2.75, 3.05) is 6.61 Å². The highest BCUT2D eigenvalue weighted by Gasteiger charge is 2.24. The Bertz CT molecular complexity index is 1460. The molecule has 0 unspecified atom stereocenters. The number of carbonyl (C=O) groups excluding carboxylic acids is 1. The van der Waals surface area contributed by atoms with Crippen LogP contribution in [0.1, 0.15) is 17.3 Å². The Kier molecular flexibility index (Phi) is 4.06. The molecule has 0 aliphatic heterocycles. The second-order valence-electron chi connectivity index (χ2n) is 6.30. The summed E-state index contributed by atoms with van der Waals surface area (Å²) in [6, 6.07) is 11.3. The molecule has 5 rings (SSSR count). The number of ether oxygens (including phenoxy) is 1. The van der Waals surface area contributed by atoms with Crippen LogP contribution in [-0.4, -0.2) is 31.9 Å². The molecule has 0 N–H and O–H groups in total. The molecule has 0 fully saturated rings. The van der Waals surface area contributed by atoms with Crippen LogP contribution < -0.4 is 5.43 Å². The fraction of sp³-hybridized carbons (Fsp3) is 0.0952. The number of rotatable bonds is 3. The quantitative estimate of drug-likeness (QED) is 0.428. The highest BCUT2D eigenvalue weighted by Crippen LogP contribution is 2.31. The van der Waals surface area contributed by atoms with Gasteiger partial charge in [-0.15, -0.1) is 11.3 Å². The van der Waals surface area contributed by atoms with E-state index in [0.29, 0.717) is 16.3 Å². The number of nitrogens with zero attached hydrogens (tertiary/aromatic N) is 4. The molecule has 0 saturated heterocycles.